The Hall–Kier alpha value is -1.06. The van der Waals surface area contributed by atoms with Crippen LogP contribution in [0.4, 0.5) is 0 Å². The van der Waals surface area contributed by atoms with Gasteiger partial charge < -0.3 is 9.47 Å². The van der Waals surface area contributed by atoms with Crippen LogP contribution in [0.25, 0.3) is 0 Å². The number of esters is 2. The van der Waals surface area contributed by atoms with Gasteiger partial charge in [0.1, 0.15) is 0 Å². The highest BCUT2D eigenvalue weighted by Gasteiger charge is 2.14. The lowest BCUT2D eigenvalue weighted by molar-refractivity contribution is -0.146. The summed E-state index contributed by atoms with van der Waals surface area (Å²) in [6, 6.07) is 0. The first-order valence-electron chi connectivity index (χ1n) is 20.4. The highest BCUT2D eigenvalue weighted by molar-refractivity contribution is 5.69. The van der Waals surface area contributed by atoms with Crippen LogP contribution in [0, 0.1) is 11.8 Å². The molecule has 0 bridgehead atoms. The minimum Gasteiger partial charge on any atom is -0.465 e. The first kappa shape index (κ1) is 43.9. The first-order valence-corrected chi connectivity index (χ1v) is 20.4. The topological polar surface area (TPSA) is 52.6 Å². The van der Waals surface area contributed by atoms with Crippen molar-refractivity contribution in [3.05, 3.63) is 0 Å². The first-order chi connectivity index (χ1) is 22.1. The summed E-state index contributed by atoms with van der Waals surface area (Å²) >= 11 is 0. The van der Waals surface area contributed by atoms with Gasteiger partial charge in [-0.15, -0.1) is 0 Å². The van der Waals surface area contributed by atoms with Gasteiger partial charge in [0, 0.05) is 12.8 Å². The summed E-state index contributed by atoms with van der Waals surface area (Å²) in [7, 11) is 0. The van der Waals surface area contributed by atoms with Crippen LogP contribution < -0.4 is 0 Å². The SMILES string of the molecule is CCCCCCCCC(CCCCCC)COC(=O)CCCCCCCC(=O)OCC(CCCCCC)CCCCCCCC. The quantitative estimate of drug-likeness (QED) is 0.0507. The van der Waals surface area contributed by atoms with Gasteiger partial charge in [-0.05, 0) is 50.4 Å². The Morgan fingerprint density at radius 2 is 0.600 bits per heavy atom. The van der Waals surface area contributed by atoms with Crippen molar-refractivity contribution in [2.45, 2.75) is 227 Å². The average molecular weight is 637 g/mol. The number of rotatable bonds is 36. The summed E-state index contributed by atoms with van der Waals surface area (Å²) in [5.74, 6) is 1.02. The lowest BCUT2D eigenvalue weighted by atomic mass is 9.95. The maximum Gasteiger partial charge on any atom is 0.305 e. The maximum atomic E-state index is 12.4. The van der Waals surface area contributed by atoms with E-state index in [-0.39, 0.29) is 11.9 Å². The van der Waals surface area contributed by atoms with Gasteiger partial charge in [-0.2, -0.15) is 0 Å². The van der Waals surface area contributed by atoms with Crippen molar-refractivity contribution in [1.29, 1.82) is 0 Å². The second-order valence-corrected chi connectivity index (χ2v) is 14.2. The molecule has 0 N–H and O–H groups in total. The van der Waals surface area contributed by atoms with Crippen LogP contribution in [-0.4, -0.2) is 25.2 Å². The van der Waals surface area contributed by atoms with E-state index in [1.807, 2.05) is 0 Å². The van der Waals surface area contributed by atoms with E-state index in [9.17, 15) is 9.59 Å². The minimum atomic E-state index is -0.0229. The van der Waals surface area contributed by atoms with E-state index in [1.165, 1.54) is 154 Å². The van der Waals surface area contributed by atoms with Crippen molar-refractivity contribution in [2.75, 3.05) is 13.2 Å². The van der Waals surface area contributed by atoms with Crippen molar-refractivity contribution < 1.29 is 19.1 Å². The third-order valence-electron chi connectivity index (χ3n) is 9.59. The van der Waals surface area contributed by atoms with Crippen LogP contribution in [0.2, 0.25) is 0 Å². The van der Waals surface area contributed by atoms with E-state index in [0.29, 0.717) is 37.9 Å². The summed E-state index contributed by atoms with van der Waals surface area (Å²) in [6.07, 6.45) is 36.9. The van der Waals surface area contributed by atoms with Crippen LogP contribution in [0.1, 0.15) is 227 Å². The molecule has 0 saturated heterocycles. The molecule has 268 valence electrons. The Balaban J connectivity index is 4.06. The molecule has 2 unspecified atom stereocenters. The lowest BCUT2D eigenvalue weighted by Gasteiger charge is -2.17. The predicted octanol–water partition coefficient (Wildman–Crippen LogP) is 13.5. The molecule has 0 aromatic rings. The number of carbonyl (C=O) groups excluding carboxylic acids is 2. The molecule has 0 amide bonds. The molecule has 0 aliphatic heterocycles. The number of hydrogen-bond acceptors (Lipinski definition) is 4. The van der Waals surface area contributed by atoms with Gasteiger partial charge in [-0.25, -0.2) is 0 Å². The van der Waals surface area contributed by atoms with Crippen molar-refractivity contribution in [1.82, 2.24) is 0 Å². The zero-order chi connectivity index (χ0) is 33.1. The molecule has 0 saturated carbocycles. The predicted molar refractivity (Wildman–Crippen MR) is 195 cm³/mol. The van der Waals surface area contributed by atoms with Gasteiger partial charge in [-0.1, -0.05) is 175 Å². The van der Waals surface area contributed by atoms with E-state index >= 15 is 0 Å². The molecule has 0 heterocycles. The number of unbranched alkanes of at least 4 members (excludes halogenated alkanes) is 20. The molecule has 0 aromatic carbocycles. The van der Waals surface area contributed by atoms with Gasteiger partial charge in [0.15, 0.2) is 0 Å². The van der Waals surface area contributed by atoms with Gasteiger partial charge in [0.2, 0.25) is 0 Å². The average Bonchev–Trinajstić information content (AvgIpc) is 3.04. The number of ether oxygens (including phenoxy) is 2. The van der Waals surface area contributed by atoms with Gasteiger partial charge in [0.05, 0.1) is 13.2 Å². The van der Waals surface area contributed by atoms with E-state index in [4.69, 9.17) is 9.47 Å². The summed E-state index contributed by atoms with van der Waals surface area (Å²) in [5, 5.41) is 0. The van der Waals surface area contributed by atoms with Gasteiger partial charge >= 0.3 is 11.9 Å². The Morgan fingerprint density at radius 3 is 0.911 bits per heavy atom. The zero-order valence-electron chi connectivity index (χ0n) is 31.1. The normalized spacial score (nSPS) is 12.7. The Labute approximate surface area is 282 Å². The number of hydrogen-bond donors (Lipinski definition) is 0. The molecular weight excluding hydrogens is 556 g/mol. The molecule has 0 aliphatic rings. The molecule has 0 fully saturated rings. The van der Waals surface area contributed by atoms with Crippen molar-refractivity contribution >= 4 is 11.9 Å². The molecule has 4 heteroatoms. The fraction of sp³-hybridized carbons (Fsp3) is 0.951. The summed E-state index contributed by atoms with van der Waals surface area (Å²) in [4.78, 5) is 24.8. The third kappa shape index (κ3) is 32.7. The molecule has 4 nitrogen and oxygen atoms in total. The van der Waals surface area contributed by atoms with Crippen LogP contribution in [0.5, 0.6) is 0 Å². The largest absolute Gasteiger partial charge is 0.465 e. The van der Waals surface area contributed by atoms with Gasteiger partial charge in [0.25, 0.3) is 0 Å². The van der Waals surface area contributed by atoms with Crippen LogP contribution in [-0.2, 0) is 19.1 Å². The number of carbonyl (C=O) groups is 2. The highest BCUT2D eigenvalue weighted by Crippen LogP contribution is 2.21. The smallest absolute Gasteiger partial charge is 0.305 e. The van der Waals surface area contributed by atoms with Gasteiger partial charge in [-0.3, -0.25) is 9.59 Å². The van der Waals surface area contributed by atoms with E-state index in [1.54, 1.807) is 0 Å². The van der Waals surface area contributed by atoms with Crippen molar-refractivity contribution in [2.24, 2.45) is 11.8 Å². The Kier molecular flexibility index (Phi) is 34.9. The van der Waals surface area contributed by atoms with Crippen molar-refractivity contribution in [3.63, 3.8) is 0 Å². The zero-order valence-corrected chi connectivity index (χ0v) is 31.1. The monoisotopic (exact) mass is 637 g/mol. The molecule has 2 atom stereocenters. The van der Waals surface area contributed by atoms with Crippen molar-refractivity contribution in [3.8, 4) is 0 Å². The molecule has 0 spiro atoms. The van der Waals surface area contributed by atoms with Crippen LogP contribution in [0.3, 0.4) is 0 Å². The van der Waals surface area contributed by atoms with E-state index in [2.05, 4.69) is 27.7 Å². The Morgan fingerprint density at radius 1 is 0.356 bits per heavy atom. The molecule has 0 radical (unpaired) electrons. The third-order valence-corrected chi connectivity index (χ3v) is 9.59. The highest BCUT2D eigenvalue weighted by atomic mass is 16.5. The lowest BCUT2D eigenvalue weighted by Crippen LogP contribution is -2.15. The summed E-state index contributed by atoms with van der Waals surface area (Å²) in [6.45, 7) is 10.3. The molecule has 0 aliphatic carbocycles. The van der Waals surface area contributed by atoms with Crippen LogP contribution >= 0.6 is 0 Å². The maximum absolute atomic E-state index is 12.4. The molecule has 0 aromatic heterocycles. The molecule has 0 rings (SSSR count). The second-order valence-electron chi connectivity index (χ2n) is 14.2. The summed E-state index contributed by atoms with van der Waals surface area (Å²) < 4.78 is 11.5. The second kappa shape index (κ2) is 35.8. The van der Waals surface area contributed by atoms with E-state index < -0.39 is 0 Å². The fourth-order valence-corrected chi connectivity index (χ4v) is 6.40. The Bertz CT molecular complexity index is 567. The molecule has 45 heavy (non-hydrogen) atoms. The molecular formula is C41H80O4. The fourth-order valence-electron chi connectivity index (χ4n) is 6.40. The minimum absolute atomic E-state index is 0.0229. The standard InChI is InChI=1S/C41H80O4/c1-5-9-13-17-20-26-32-38(30-24-15-11-7-3)36-44-40(42)34-28-22-19-23-29-35-41(43)45-37-39(31-25-16-12-8-4)33-27-21-18-14-10-6-2/h38-39H,5-37H2,1-4H3. The summed E-state index contributed by atoms with van der Waals surface area (Å²) in [5.41, 5.74) is 0. The van der Waals surface area contributed by atoms with E-state index in [0.717, 1.165) is 32.1 Å². The van der Waals surface area contributed by atoms with Crippen LogP contribution in [0.15, 0.2) is 0 Å².